The first kappa shape index (κ1) is 16.4. The van der Waals surface area contributed by atoms with Gasteiger partial charge in [-0.25, -0.2) is 4.79 Å². The van der Waals surface area contributed by atoms with Gasteiger partial charge in [-0.1, -0.05) is 13.8 Å². The van der Waals surface area contributed by atoms with Crippen LogP contribution in [0.4, 0.5) is 0 Å². The average Bonchev–Trinajstić information content (AvgIpc) is 2.29. The summed E-state index contributed by atoms with van der Waals surface area (Å²) in [4.78, 5) is 13.3. The predicted molar refractivity (Wildman–Crippen MR) is 65.7 cm³/mol. The molecule has 0 amide bonds. The summed E-state index contributed by atoms with van der Waals surface area (Å²) < 4.78 is 4.56. The normalized spacial score (nSPS) is 15.1. The van der Waals surface area contributed by atoms with Crippen molar-refractivity contribution in [3.8, 4) is 0 Å². The third-order valence-electron chi connectivity index (χ3n) is 2.98. The van der Waals surface area contributed by atoms with Crippen LogP contribution >= 0.6 is 0 Å². The molecule has 0 aromatic carbocycles. The highest BCUT2D eigenvalue weighted by atomic mass is 16.5. The van der Waals surface area contributed by atoms with Crippen molar-refractivity contribution in [3.63, 3.8) is 0 Å². The molecule has 1 unspecified atom stereocenters. The second kappa shape index (κ2) is 7.63. The molecule has 0 radical (unpaired) electrons. The Morgan fingerprint density at radius 1 is 1.41 bits per heavy atom. The maximum absolute atomic E-state index is 11.4. The first-order valence-electron chi connectivity index (χ1n) is 6.08. The van der Waals surface area contributed by atoms with Crippen LogP contribution in [0.2, 0.25) is 0 Å². The SMILES string of the molecule is CCC(CC)N(CCO)CC(C)(O)C(=O)OC. The van der Waals surface area contributed by atoms with E-state index in [1.807, 2.05) is 18.7 Å². The van der Waals surface area contributed by atoms with E-state index < -0.39 is 11.6 Å². The van der Waals surface area contributed by atoms with E-state index >= 15 is 0 Å². The quantitative estimate of drug-likeness (QED) is 0.607. The van der Waals surface area contributed by atoms with Gasteiger partial charge in [-0.2, -0.15) is 0 Å². The minimum absolute atomic E-state index is 0.00769. The Morgan fingerprint density at radius 2 is 1.94 bits per heavy atom. The summed E-state index contributed by atoms with van der Waals surface area (Å²) in [5.41, 5.74) is -1.54. The summed E-state index contributed by atoms with van der Waals surface area (Å²) in [6.45, 7) is 6.15. The predicted octanol–water partition coefficient (Wildman–Crippen LogP) is 0.393. The summed E-state index contributed by atoms with van der Waals surface area (Å²) in [6.07, 6.45) is 1.82. The van der Waals surface area contributed by atoms with Gasteiger partial charge in [0, 0.05) is 19.1 Å². The molecule has 0 saturated heterocycles. The number of rotatable bonds is 8. The molecule has 0 aromatic rings. The van der Waals surface area contributed by atoms with Gasteiger partial charge in [-0.15, -0.1) is 0 Å². The van der Waals surface area contributed by atoms with Crippen LogP contribution in [0.1, 0.15) is 33.6 Å². The maximum Gasteiger partial charge on any atom is 0.338 e. The van der Waals surface area contributed by atoms with E-state index in [-0.39, 0.29) is 19.2 Å². The topological polar surface area (TPSA) is 70.0 Å². The summed E-state index contributed by atoms with van der Waals surface area (Å²) in [5.74, 6) is -0.647. The van der Waals surface area contributed by atoms with Gasteiger partial charge in [0.1, 0.15) is 0 Å². The maximum atomic E-state index is 11.4. The molecule has 0 spiro atoms. The Balaban J connectivity index is 4.67. The smallest absolute Gasteiger partial charge is 0.338 e. The molecule has 5 nitrogen and oxygen atoms in total. The first-order chi connectivity index (χ1) is 7.92. The van der Waals surface area contributed by atoms with Crippen molar-refractivity contribution in [2.45, 2.75) is 45.3 Å². The summed E-state index contributed by atoms with van der Waals surface area (Å²) >= 11 is 0. The average molecular weight is 247 g/mol. The Labute approximate surface area is 103 Å². The summed E-state index contributed by atoms with van der Waals surface area (Å²) in [6, 6.07) is 0.248. The van der Waals surface area contributed by atoms with Gasteiger partial charge in [-0.3, -0.25) is 4.90 Å². The van der Waals surface area contributed by atoms with Crippen molar-refractivity contribution in [2.75, 3.05) is 26.8 Å². The Morgan fingerprint density at radius 3 is 2.29 bits per heavy atom. The van der Waals surface area contributed by atoms with Crippen LogP contribution in [0.5, 0.6) is 0 Å². The van der Waals surface area contributed by atoms with Crippen molar-refractivity contribution in [1.82, 2.24) is 4.90 Å². The molecule has 0 rings (SSSR count). The lowest BCUT2D eigenvalue weighted by atomic mass is 10.0. The second-order valence-electron chi connectivity index (χ2n) is 4.43. The number of esters is 1. The minimum atomic E-state index is -1.54. The van der Waals surface area contributed by atoms with E-state index in [9.17, 15) is 9.90 Å². The highest BCUT2D eigenvalue weighted by Crippen LogP contribution is 2.15. The van der Waals surface area contributed by atoms with E-state index in [0.29, 0.717) is 6.54 Å². The number of methoxy groups -OCH3 is 1. The third-order valence-corrected chi connectivity index (χ3v) is 2.98. The largest absolute Gasteiger partial charge is 0.467 e. The standard InChI is InChI=1S/C12H25NO4/c1-5-10(6-2)13(7-8-14)9-12(3,16)11(15)17-4/h10,14,16H,5-9H2,1-4H3. The van der Waals surface area contributed by atoms with Crippen LogP contribution in [0.15, 0.2) is 0 Å². The molecule has 17 heavy (non-hydrogen) atoms. The fourth-order valence-electron chi connectivity index (χ4n) is 2.00. The molecular formula is C12H25NO4. The van der Waals surface area contributed by atoms with Crippen molar-refractivity contribution in [1.29, 1.82) is 0 Å². The number of aliphatic hydroxyl groups is 2. The van der Waals surface area contributed by atoms with Gasteiger partial charge in [0.25, 0.3) is 0 Å². The lowest BCUT2D eigenvalue weighted by Gasteiger charge is -2.34. The van der Waals surface area contributed by atoms with Crippen LogP contribution in [0.25, 0.3) is 0 Å². The Kier molecular flexibility index (Phi) is 7.34. The molecule has 0 fully saturated rings. The number of ether oxygens (including phenoxy) is 1. The van der Waals surface area contributed by atoms with E-state index in [1.54, 1.807) is 0 Å². The molecule has 0 aliphatic heterocycles. The van der Waals surface area contributed by atoms with Crippen molar-refractivity contribution in [3.05, 3.63) is 0 Å². The van der Waals surface area contributed by atoms with Crippen LogP contribution in [-0.2, 0) is 9.53 Å². The fourth-order valence-corrected chi connectivity index (χ4v) is 2.00. The highest BCUT2D eigenvalue weighted by Gasteiger charge is 2.35. The fraction of sp³-hybridized carbons (Fsp3) is 0.917. The second-order valence-corrected chi connectivity index (χ2v) is 4.43. The minimum Gasteiger partial charge on any atom is -0.467 e. The van der Waals surface area contributed by atoms with Crippen LogP contribution in [0.3, 0.4) is 0 Å². The molecule has 5 heteroatoms. The van der Waals surface area contributed by atoms with Crippen molar-refractivity contribution < 1.29 is 19.7 Å². The van der Waals surface area contributed by atoms with E-state index in [4.69, 9.17) is 5.11 Å². The number of hydrogen-bond acceptors (Lipinski definition) is 5. The number of carbonyl (C=O) groups is 1. The summed E-state index contributed by atoms with van der Waals surface area (Å²) in [5, 5.41) is 19.1. The van der Waals surface area contributed by atoms with E-state index in [1.165, 1.54) is 14.0 Å². The highest BCUT2D eigenvalue weighted by molar-refractivity contribution is 5.78. The first-order valence-corrected chi connectivity index (χ1v) is 6.08. The number of aliphatic hydroxyl groups excluding tert-OH is 1. The monoisotopic (exact) mass is 247 g/mol. The number of nitrogens with zero attached hydrogens (tertiary/aromatic N) is 1. The van der Waals surface area contributed by atoms with Crippen LogP contribution < -0.4 is 0 Å². The molecular weight excluding hydrogens is 222 g/mol. The van der Waals surface area contributed by atoms with Gasteiger partial charge in [-0.05, 0) is 19.8 Å². The van der Waals surface area contributed by atoms with E-state index in [2.05, 4.69) is 4.74 Å². The summed E-state index contributed by atoms with van der Waals surface area (Å²) in [7, 11) is 1.25. The molecule has 1 atom stereocenters. The van der Waals surface area contributed by atoms with Crippen molar-refractivity contribution >= 4 is 5.97 Å². The lowest BCUT2D eigenvalue weighted by Crippen LogP contribution is -2.51. The Hall–Kier alpha value is -0.650. The molecule has 0 bridgehead atoms. The number of carbonyl (C=O) groups excluding carboxylic acids is 1. The van der Waals surface area contributed by atoms with Gasteiger partial charge in [0.2, 0.25) is 0 Å². The zero-order chi connectivity index (χ0) is 13.5. The van der Waals surface area contributed by atoms with Crippen LogP contribution in [0, 0.1) is 0 Å². The molecule has 0 heterocycles. The lowest BCUT2D eigenvalue weighted by molar-refractivity contribution is -0.163. The molecule has 2 N–H and O–H groups in total. The molecule has 0 aromatic heterocycles. The van der Waals surface area contributed by atoms with Gasteiger partial charge >= 0.3 is 5.97 Å². The molecule has 0 aliphatic carbocycles. The molecule has 102 valence electrons. The van der Waals surface area contributed by atoms with Crippen LogP contribution in [-0.4, -0.2) is 59.5 Å². The zero-order valence-corrected chi connectivity index (χ0v) is 11.3. The Bertz CT molecular complexity index is 227. The third kappa shape index (κ3) is 5.02. The zero-order valence-electron chi connectivity index (χ0n) is 11.3. The van der Waals surface area contributed by atoms with Gasteiger partial charge < -0.3 is 14.9 Å². The van der Waals surface area contributed by atoms with E-state index in [0.717, 1.165) is 12.8 Å². The van der Waals surface area contributed by atoms with Gasteiger partial charge in [0.05, 0.1) is 13.7 Å². The number of hydrogen-bond donors (Lipinski definition) is 2. The van der Waals surface area contributed by atoms with Gasteiger partial charge in [0.15, 0.2) is 5.60 Å². The molecule has 0 saturated carbocycles. The van der Waals surface area contributed by atoms with Crippen molar-refractivity contribution in [2.24, 2.45) is 0 Å². The molecule has 0 aliphatic rings.